The molecular weight excluding hydrogens is 288 g/mol. The summed E-state index contributed by atoms with van der Waals surface area (Å²) < 4.78 is 26.7. The van der Waals surface area contributed by atoms with Gasteiger partial charge in [0.05, 0.1) is 11.4 Å². The summed E-state index contributed by atoms with van der Waals surface area (Å²) in [5.74, 6) is 2.00. The van der Waals surface area contributed by atoms with Crippen molar-refractivity contribution in [3.05, 3.63) is 30.3 Å². The molecule has 1 heterocycles. The molecule has 1 aromatic rings. The topological polar surface area (TPSA) is 66.5 Å². The zero-order valence-corrected chi connectivity index (χ0v) is 12.5. The molecular formula is C15H18N2O3S. The Labute approximate surface area is 125 Å². The van der Waals surface area contributed by atoms with Gasteiger partial charge in [-0.15, -0.1) is 6.42 Å². The van der Waals surface area contributed by atoms with Crippen molar-refractivity contribution < 1.29 is 13.2 Å². The number of piperidine rings is 1. The molecule has 0 bridgehead atoms. The highest BCUT2D eigenvalue weighted by Crippen LogP contribution is 2.25. The molecule has 1 unspecified atom stereocenters. The third-order valence-electron chi connectivity index (χ3n) is 3.47. The molecule has 0 spiro atoms. The van der Waals surface area contributed by atoms with Crippen molar-refractivity contribution in [2.75, 3.05) is 13.1 Å². The first-order valence-corrected chi connectivity index (χ1v) is 8.29. The fourth-order valence-corrected chi connectivity index (χ4v) is 4.12. The average Bonchev–Trinajstić information content (AvgIpc) is 2.53. The molecule has 0 aliphatic carbocycles. The Morgan fingerprint density at radius 2 is 2.05 bits per heavy atom. The van der Waals surface area contributed by atoms with E-state index in [-0.39, 0.29) is 17.3 Å². The number of rotatable bonds is 4. The van der Waals surface area contributed by atoms with Crippen LogP contribution in [-0.2, 0) is 14.8 Å². The first-order valence-electron chi connectivity index (χ1n) is 6.85. The van der Waals surface area contributed by atoms with Gasteiger partial charge in [0, 0.05) is 6.54 Å². The fraction of sp³-hybridized carbons (Fsp3) is 0.400. The Kier molecular flexibility index (Phi) is 4.99. The maximum atomic E-state index is 12.7. The molecule has 5 nitrogen and oxygen atoms in total. The van der Waals surface area contributed by atoms with Gasteiger partial charge in [-0.25, -0.2) is 8.42 Å². The summed E-state index contributed by atoms with van der Waals surface area (Å²) in [4.78, 5) is 12.3. The van der Waals surface area contributed by atoms with Crippen LogP contribution >= 0.6 is 0 Å². The Hall–Kier alpha value is -1.84. The molecule has 1 aliphatic rings. The largest absolute Gasteiger partial charge is 0.344 e. The molecule has 1 N–H and O–H groups in total. The Morgan fingerprint density at radius 1 is 1.33 bits per heavy atom. The Bertz CT molecular complexity index is 635. The number of carbonyl (C=O) groups is 1. The summed E-state index contributed by atoms with van der Waals surface area (Å²) in [5.41, 5.74) is 0. The van der Waals surface area contributed by atoms with Crippen molar-refractivity contribution in [2.24, 2.45) is 0 Å². The van der Waals surface area contributed by atoms with E-state index in [0.29, 0.717) is 13.0 Å². The lowest BCUT2D eigenvalue weighted by molar-refractivity contribution is -0.125. The Balaban J connectivity index is 2.27. The summed E-state index contributed by atoms with van der Waals surface area (Å²) in [6.45, 7) is 0.458. The minimum atomic E-state index is -3.66. The summed E-state index contributed by atoms with van der Waals surface area (Å²) >= 11 is 0. The number of benzene rings is 1. The minimum Gasteiger partial charge on any atom is -0.344 e. The second-order valence-corrected chi connectivity index (χ2v) is 6.75. The highest BCUT2D eigenvalue weighted by Gasteiger charge is 2.37. The summed E-state index contributed by atoms with van der Waals surface area (Å²) in [6.07, 6.45) is 7.22. The van der Waals surface area contributed by atoms with Crippen molar-refractivity contribution in [1.29, 1.82) is 0 Å². The standard InChI is InChI=1S/C15H18N2O3S/c1-2-11-16-15(18)14-10-6-7-12-17(14)21(19,20)13-8-4-3-5-9-13/h1,3-5,8-9,14H,6-7,10-12H2,(H,16,18). The van der Waals surface area contributed by atoms with Crippen LogP contribution in [0.2, 0.25) is 0 Å². The van der Waals surface area contributed by atoms with Gasteiger partial charge in [0.1, 0.15) is 6.04 Å². The van der Waals surface area contributed by atoms with Gasteiger partial charge < -0.3 is 5.32 Å². The van der Waals surface area contributed by atoms with Gasteiger partial charge in [-0.3, -0.25) is 4.79 Å². The van der Waals surface area contributed by atoms with E-state index in [2.05, 4.69) is 11.2 Å². The number of terminal acetylenes is 1. The maximum Gasteiger partial charge on any atom is 0.243 e. The first-order chi connectivity index (χ1) is 10.1. The number of nitrogens with one attached hydrogen (secondary N) is 1. The summed E-state index contributed by atoms with van der Waals surface area (Å²) in [6, 6.07) is 7.50. The Morgan fingerprint density at radius 3 is 2.71 bits per heavy atom. The lowest BCUT2D eigenvalue weighted by atomic mass is 10.0. The van der Waals surface area contributed by atoms with Crippen LogP contribution in [0.25, 0.3) is 0 Å². The highest BCUT2D eigenvalue weighted by molar-refractivity contribution is 7.89. The van der Waals surface area contributed by atoms with Crippen LogP contribution in [0.1, 0.15) is 19.3 Å². The zero-order chi connectivity index (χ0) is 15.3. The van der Waals surface area contributed by atoms with Crippen molar-refractivity contribution in [1.82, 2.24) is 9.62 Å². The maximum absolute atomic E-state index is 12.7. The van der Waals surface area contributed by atoms with Crippen molar-refractivity contribution in [3.8, 4) is 12.3 Å². The second-order valence-electron chi connectivity index (χ2n) is 4.86. The van der Waals surface area contributed by atoms with Crippen molar-refractivity contribution in [2.45, 2.75) is 30.2 Å². The second kappa shape index (κ2) is 6.74. The van der Waals surface area contributed by atoms with Crippen LogP contribution in [0.5, 0.6) is 0 Å². The van der Waals surface area contributed by atoms with Crippen LogP contribution in [0, 0.1) is 12.3 Å². The van der Waals surface area contributed by atoms with E-state index in [9.17, 15) is 13.2 Å². The molecule has 6 heteroatoms. The van der Waals surface area contributed by atoms with Crippen LogP contribution in [0.15, 0.2) is 35.2 Å². The monoisotopic (exact) mass is 306 g/mol. The van der Waals surface area contributed by atoms with Gasteiger partial charge in [0.25, 0.3) is 0 Å². The third kappa shape index (κ3) is 3.43. The molecule has 1 amide bonds. The molecule has 21 heavy (non-hydrogen) atoms. The fourth-order valence-electron chi connectivity index (χ4n) is 2.44. The first kappa shape index (κ1) is 15.5. The van der Waals surface area contributed by atoms with Crippen molar-refractivity contribution in [3.63, 3.8) is 0 Å². The van der Waals surface area contributed by atoms with E-state index >= 15 is 0 Å². The minimum absolute atomic E-state index is 0.106. The SMILES string of the molecule is C#CCNC(=O)C1CCCCN1S(=O)(=O)c1ccccc1. The van der Waals surface area contributed by atoms with Gasteiger partial charge in [-0.05, 0) is 25.0 Å². The van der Waals surface area contributed by atoms with Gasteiger partial charge in [-0.2, -0.15) is 4.31 Å². The lowest BCUT2D eigenvalue weighted by Crippen LogP contribution is -2.51. The molecule has 0 saturated carbocycles. The van der Waals surface area contributed by atoms with E-state index in [0.717, 1.165) is 12.8 Å². The van der Waals surface area contributed by atoms with Crippen molar-refractivity contribution >= 4 is 15.9 Å². The predicted molar refractivity (Wildman–Crippen MR) is 79.8 cm³/mol. The lowest BCUT2D eigenvalue weighted by Gasteiger charge is -2.33. The number of nitrogens with zero attached hydrogens (tertiary/aromatic N) is 1. The molecule has 1 aliphatic heterocycles. The van der Waals surface area contributed by atoms with Crippen LogP contribution in [-0.4, -0.2) is 37.8 Å². The number of hydrogen-bond acceptors (Lipinski definition) is 3. The van der Waals surface area contributed by atoms with E-state index in [4.69, 9.17) is 6.42 Å². The number of hydrogen-bond donors (Lipinski definition) is 1. The van der Waals surface area contributed by atoms with Crippen LogP contribution < -0.4 is 5.32 Å². The highest BCUT2D eigenvalue weighted by atomic mass is 32.2. The molecule has 1 saturated heterocycles. The third-order valence-corrected chi connectivity index (χ3v) is 5.39. The molecule has 1 atom stereocenters. The quantitative estimate of drug-likeness (QED) is 0.843. The van der Waals surface area contributed by atoms with Crippen LogP contribution in [0.4, 0.5) is 0 Å². The normalized spacial score (nSPS) is 19.7. The molecule has 0 aromatic heterocycles. The summed E-state index contributed by atoms with van der Waals surface area (Å²) in [5, 5.41) is 2.57. The number of sulfonamides is 1. The number of carbonyl (C=O) groups excluding carboxylic acids is 1. The molecule has 0 radical (unpaired) electrons. The van der Waals surface area contributed by atoms with E-state index in [1.54, 1.807) is 30.3 Å². The molecule has 2 rings (SSSR count). The van der Waals surface area contributed by atoms with E-state index in [1.807, 2.05) is 0 Å². The van der Waals surface area contributed by atoms with Gasteiger partial charge in [-0.1, -0.05) is 30.5 Å². The molecule has 1 aromatic carbocycles. The predicted octanol–water partition coefficient (Wildman–Crippen LogP) is 0.979. The van der Waals surface area contributed by atoms with Gasteiger partial charge in [0.15, 0.2) is 0 Å². The van der Waals surface area contributed by atoms with Gasteiger partial charge >= 0.3 is 0 Å². The molecule has 112 valence electrons. The summed E-state index contributed by atoms with van der Waals surface area (Å²) in [7, 11) is -3.66. The number of amides is 1. The van der Waals surface area contributed by atoms with E-state index < -0.39 is 16.1 Å². The van der Waals surface area contributed by atoms with Crippen LogP contribution in [0.3, 0.4) is 0 Å². The smallest absolute Gasteiger partial charge is 0.243 e. The zero-order valence-electron chi connectivity index (χ0n) is 11.7. The van der Waals surface area contributed by atoms with E-state index in [1.165, 1.54) is 4.31 Å². The van der Waals surface area contributed by atoms with Gasteiger partial charge in [0.2, 0.25) is 15.9 Å². The molecule has 1 fully saturated rings. The average molecular weight is 306 g/mol.